The zero-order valence-corrected chi connectivity index (χ0v) is 13.9. The van der Waals surface area contributed by atoms with Gasteiger partial charge in [-0.25, -0.2) is 13.2 Å². The Morgan fingerprint density at radius 1 is 1.32 bits per heavy atom. The number of likely N-dealkylation sites (tertiary alicyclic amines) is 1. The predicted molar refractivity (Wildman–Crippen MR) is 87.6 cm³/mol. The second-order valence-electron chi connectivity index (χ2n) is 5.74. The largest absolute Gasteiger partial charge is 0.323 e. The average molecular weight is 326 g/mol. The molecular formula is C14H22N4O3S. The van der Waals surface area contributed by atoms with E-state index in [1.54, 1.807) is 29.2 Å². The third-order valence-electron chi connectivity index (χ3n) is 3.60. The molecule has 0 bridgehead atoms. The van der Waals surface area contributed by atoms with Crippen LogP contribution in [0.15, 0.2) is 24.3 Å². The molecule has 0 spiro atoms. The number of carbonyl (C=O) groups is 1. The molecule has 1 aliphatic heterocycles. The predicted octanol–water partition coefficient (Wildman–Crippen LogP) is 1.23. The third kappa shape index (κ3) is 4.60. The first-order chi connectivity index (χ1) is 10.2. The molecule has 1 saturated heterocycles. The van der Waals surface area contributed by atoms with Crippen LogP contribution < -0.4 is 10.0 Å². The van der Waals surface area contributed by atoms with Crippen LogP contribution >= 0.6 is 0 Å². The van der Waals surface area contributed by atoms with Gasteiger partial charge in [0.2, 0.25) is 10.0 Å². The molecule has 0 aliphatic carbocycles. The molecule has 1 atom stereocenters. The molecule has 1 aromatic carbocycles. The molecule has 1 fully saturated rings. The lowest BCUT2D eigenvalue weighted by atomic mass is 10.2. The van der Waals surface area contributed by atoms with Crippen molar-refractivity contribution >= 4 is 27.4 Å². The van der Waals surface area contributed by atoms with E-state index in [0.717, 1.165) is 19.2 Å². The van der Waals surface area contributed by atoms with Gasteiger partial charge in [-0.15, -0.1) is 0 Å². The summed E-state index contributed by atoms with van der Waals surface area (Å²) in [5.41, 5.74) is 0.986. The summed E-state index contributed by atoms with van der Waals surface area (Å²) in [6, 6.07) is 6.86. The van der Waals surface area contributed by atoms with Crippen molar-refractivity contribution in [2.24, 2.45) is 0 Å². The van der Waals surface area contributed by atoms with E-state index in [-0.39, 0.29) is 6.03 Å². The highest BCUT2D eigenvalue weighted by atomic mass is 32.2. The molecule has 0 saturated carbocycles. The first-order valence-corrected chi connectivity index (χ1v) is 8.94. The Kier molecular flexibility index (Phi) is 4.92. The number of anilines is 2. The Labute approximate surface area is 131 Å². The third-order valence-corrected chi connectivity index (χ3v) is 4.20. The highest BCUT2D eigenvalue weighted by Gasteiger charge is 2.27. The van der Waals surface area contributed by atoms with Gasteiger partial charge in [0.05, 0.1) is 11.9 Å². The van der Waals surface area contributed by atoms with Gasteiger partial charge < -0.3 is 15.1 Å². The van der Waals surface area contributed by atoms with Gasteiger partial charge >= 0.3 is 6.03 Å². The van der Waals surface area contributed by atoms with E-state index in [9.17, 15) is 13.2 Å². The maximum Gasteiger partial charge on any atom is 0.321 e. The molecule has 1 unspecified atom stereocenters. The number of rotatable bonds is 4. The lowest BCUT2D eigenvalue weighted by Gasteiger charge is -2.20. The number of carbonyl (C=O) groups excluding carboxylic acids is 1. The molecule has 2 rings (SSSR count). The maximum absolute atomic E-state index is 12.2. The highest BCUT2D eigenvalue weighted by Crippen LogP contribution is 2.18. The minimum atomic E-state index is -3.33. The summed E-state index contributed by atoms with van der Waals surface area (Å²) in [7, 11) is 0.679. The molecule has 1 heterocycles. The Morgan fingerprint density at radius 2 is 2.00 bits per heavy atom. The molecular weight excluding hydrogens is 304 g/mol. The standard InChI is InChI=1S/C14H22N4O3S/c1-17(2)13-7-8-18(10-13)14(19)15-11-5-4-6-12(9-11)16-22(3,20)21/h4-6,9,13,16H,7-8,10H2,1-3H3,(H,15,19). The lowest BCUT2D eigenvalue weighted by Crippen LogP contribution is -2.36. The second kappa shape index (κ2) is 6.53. The minimum absolute atomic E-state index is 0.166. The highest BCUT2D eigenvalue weighted by molar-refractivity contribution is 7.92. The van der Waals surface area contributed by atoms with Crippen LogP contribution in [0.2, 0.25) is 0 Å². The van der Waals surface area contributed by atoms with Crippen LogP contribution in [0.1, 0.15) is 6.42 Å². The number of hydrogen-bond donors (Lipinski definition) is 2. The van der Waals surface area contributed by atoms with E-state index >= 15 is 0 Å². The van der Waals surface area contributed by atoms with Crippen molar-refractivity contribution in [1.29, 1.82) is 0 Å². The number of nitrogens with zero attached hydrogens (tertiary/aromatic N) is 2. The number of hydrogen-bond acceptors (Lipinski definition) is 4. The van der Waals surface area contributed by atoms with Crippen LogP contribution in [0.5, 0.6) is 0 Å². The van der Waals surface area contributed by atoms with Gasteiger partial charge in [0, 0.05) is 24.8 Å². The van der Waals surface area contributed by atoms with E-state index in [2.05, 4.69) is 14.9 Å². The van der Waals surface area contributed by atoms with Crippen LogP contribution in [0.3, 0.4) is 0 Å². The summed E-state index contributed by atoms with van der Waals surface area (Å²) >= 11 is 0. The molecule has 22 heavy (non-hydrogen) atoms. The van der Waals surface area contributed by atoms with Crippen LogP contribution in [-0.2, 0) is 10.0 Å². The van der Waals surface area contributed by atoms with Crippen molar-refractivity contribution in [1.82, 2.24) is 9.80 Å². The van der Waals surface area contributed by atoms with Gasteiger partial charge in [0.25, 0.3) is 0 Å². The fourth-order valence-corrected chi connectivity index (χ4v) is 2.98. The number of nitrogens with one attached hydrogen (secondary N) is 2. The van der Waals surface area contributed by atoms with E-state index in [4.69, 9.17) is 0 Å². The van der Waals surface area contributed by atoms with Gasteiger partial charge in [-0.05, 0) is 38.7 Å². The van der Waals surface area contributed by atoms with Crippen LogP contribution in [-0.4, -0.2) is 63.7 Å². The normalized spacial score (nSPS) is 18.5. The van der Waals surface area contributed by atoms with Crippen LogP contribution in [0, 0.1) is 0 Å². The molecule has 1 aromatic rings. The zero-order valence-electron chi connectivity index (χ0n) is 13.0. The number of likely N-dealkylation sites (N-methyl/N-ethyl adjacent to an activating group) is 1. The van der Waals surface area contributed by atoms with Crippen molar-refractivity contribution in [2.45, 2.75) is 12.5 Å². The molecule has 7 nitrogen and oxygen atoms in total. The molecule has 0 radical (unpaired) electrons. The van der Waals surface area contributed by atoms with E-state index in [1.807, 2.05) is 14.1 Å². The Hall–Kier alpha value is -1.80. The number of benzene rings is 1. The van der Waals surface area contributed by atoms with Crippen molar-refractivity contribution in [3.63, 3.8) is 0 Å². The topological polar surface area (TPSA) is 81.8 Å². The first kappa shape index (κ1) is 16.6. The fourth-order valence-electron chi connectivity index (χ4n) is 2.42. The monoisotopic (exact) mass is 326 g/mol. The Bertz CT molecular complexity index is 645. The number of amides is 2. The van der Waals surface area contributed by atoms with Gasteiger partial charge in [-0.3, -0.25) is 4.72 Å². The fraction of sp³-hybridized carbons (Fsp3) is 0.500. The average Bonchev–Trinajstić information content (AvgIpc) is 2.86. The second-order valence-corrected chi connectivity index (χ2v) is 7.49. The molecule has 0 aromatic heterocycles. The molecule has 1 aliphatic rings. The molecule has 2 N–H and O–H groups in total. The first-order valence-electron chi connectivity index (χ1n) is 7.05. The Morgan fingerprint density at radius 3 is 2.59 bits per heavy atom. The SMILES string of the molecule is CN(C)C1CCN(C(=O)Nc2cccc(NS(C)(=O)=O)c2)C1. The summed E-state index contributed by atoms with van der Waals surface area (Å²) in [5, 5.41) is 2.80. The zero-order chi connectivity index (χ0) is 16.3. The van der Waals surface area contributed by atoms with Crippen molar-refractivity contribution in [3.05, 3.63) is 24.3 Å². The lowest BCUT2D eigenvalue weighted by molar-refractivity contribution is 0.216. The van der Waals surface area contributed by atoms with Crippen molar-refractivity contribution in [2.75, 3.05) is 43.5 Å². The minimum Gasteiger partial charge on any atom is -0.323 e. The van der Waals surface area contributed by atoms with E-state index in [1.165, 1.54) is 0 Å². The van der Waals surface area contributed by atoms with Gasteiger partial charge in [0.15, 0.2) is 0 Å². The summed E-state index contributed by atoms with van der Waals surface area (Å²) in [4.78, 5) is 16.1. The number of sulfonamides is 1. The summed E-state index contributed by atoms with van der Waals surface area (Å²) in [6.45, 7) is 1.41. The molecule has 122 valence electrons. The maximum atomic E-state index is 12.2. The summed E-state index contributed by atoms with van der Waals surface area (Å²) in [6.07, 6.45) is 2.04. The van der Waals surface area contributed by atoms with Crippen molar-refractivity contribution in [3.8, 4) is 0 Å². The van der Waals surface area contributed by atoms with Gasteiger partial charge in [-0.2, -0.15) is 0 Å². The van der Waals surface area contributed by atoms with Crippen LogP contribution in [0.25, 0.3) is 0 Å². The van der Waals surface area contributed by atoms with Crippen LogP contribution in [0.4, 0.5) is 16.2 Å². The van der Waals surface area contributed by atoms with Gasteiger partial charge in [-0.1, -0.05) is 6.07 Å². The number of urea groups is 1. The molecule has 2 amide bonds. The van der Waals surface area contributed by atoms with Gasteiger partial charge in [0.1, 0.15) is 0 Å². The summed E-state index contributed by atoms with van der Waals surface area (Å²) < 4.78 is 24.9. The smallest absolute Gasteiger partial charge is 0.321 e. The quantitative estimate of drug-likeness (QED) is 0.872. The Balaban J connectivity index is 1.99. The van der Waals surface area contributed by atoms with E-state index in [0.29, 0.717) is 24.0 Å². The van der Waals surface area contributed by atoms with Crippen molar-refractivity contribution < 1.29 is 13.2 Å². The molecule has 8 heteroatoms. The van der Waals surface area contributed by atoms with E-state index < -0.39 is 10.0 Å². The summed E-state index contributed by atoms with van der Waals surface area (Å²) in [5.74, 6) is 0.